The van der Waals surface area contributed by atoms with E-state index in [4.69, 9.17) is 9.47 Å². The second-order valence-corrected chi connectivity index (χ2v) is 5.20. The zero-order chi connectivity index (χ0) is 15.2. The molecule has 3 heterocycles. The SMILES string of the molecule is CC(=O)N[C@H]1[C@H]2OC[C@]1(CO)O[C@H]2n1ccc(=O)[nH]c1=O. The molecule has 2 bridgehead atoms. The molecule has 0 aromatic carbocycles. The summed E-state index contributed by atoms with van der Waals surface area (Å²) in [4.78, 5) is 36.4. The van der Waals surface area contributed by atoms with Crippen molar-refractivity contribution in [1.82, 2.24) is 14.9 Å². The molecule has 1 aromatic heterocycles. The number of aromatic amines is 1. The Labute approximate surface area is 118 Å². The summed E-state index contributed by atoms with van der Waals surface area (Å²) in [6.07, 6.45) is -0.150. The Morgan fingerprint density at radius 1 is 1.62 bits per heavy atom. The number of aliphatic hydroxyl groups excluding tert-OH is 1. The van der Waals surface area contributed by atoms with Crippen LogP contribution in [0.15, 0.2) is 21.9 Å². The number of aromatic nitrogens is 2. The maximum absolute atomic E-state index is 11.8. The van der Waals surface area contributed by atoms with Crippen LogP contribution < -0.4 is 16.6 Å². The summed E-state index contributed by atoms with van der Waals surface area (Å²) in [6, 6.07) is 0.624. The topological polar surface area (TPSA) is 123 Å². The molecule has 21 heavy (non-hydrogen) atoms. The van der Waals surface area contributed by atoms with E-state index in [-0.39, 0.29) is 19.1 Å². The van der Waals surface area contributed by atoms with E-state index in [9.17, 15) is 19.5 Å². The van der Waals surface area contributed by atoms with Gasteiger partial charge in [-0.3, -0.25) is 19.1 Å². The van der Waals surface area contributed by atoms with Crippen molar-refractivity contribution in [2.24, 2.45) is 0 Å². The third kappa shape index (κ3) is 2.09. The van der Waals surface area contributed by atoms with Crippen LogP contribution in [-0.2, 0) is 14.3 Å². The number of hydrogen-bond donors (Lipinski definition) is 3. The highest BCUT2D eigenvalue weighted by atomic mass is 16.6. The van der Waals surface area contributed by atoms with Crippen molar-refractivity contribution in [1.29, 1.82) is 0 Å². The standard InChI is InChI=1S/C12H15N3O6/c1-6(17)13-9-8-10(21-12(9,4-16)5-20-8)15-3-2-7(18)14-11(15)19/h2-3,8-10,16H,4-5H2,1H3,(H,13,17)(H,14,18,19)/t8-,9+,10-,12+/m1/s1. The van der Waals surface area contributed by atoms with Crippen LogP contribution in [-0.4, -0.2) is 51.5 Å². The van der Waals surface area contributed by atoms with Crippen LogP contribution in [0.3, 0.4) is 0 Å². The number of amides is 1. The first-order chi connectivity index (χ1) is 9.97. The minimum atomic E-state index is -1.09. The van der Waals surface area contributed by atoms with Gasteiger partial charge < -0.3 is 19.9 Å². The van der Waals surface area contributed by atoms with Gasteiger partial charge in [-0.05, 0) is 0 Å². The summed E-state index contributed by atoms with van der Waals surface area (Å²) in [5, 5.41) is 12.3. The lowest BCUT2D eigenvalue weighted by Crippen LogP contribution is -2.52. The molecule has 1 amide bonds. The first-order valence-corrected chi connectivity index (χ1v) is 6.46. The van der Waals surface area contributed by atoms with Crippen molar-refractivity contribution in [3.05, 3.63) is 33.1 Å². The lowest BCUT2D eigenvalue weighted by atomic mass is 9.97. The van der Waals surface area contributed by atoms with E-state index in [0.29, 0.717) is 0 Å². The minimum Gasteiger partial charge on any atom is -0.393 e. The van der Waals surface area contributed by atoms with Gasteiger partial charge in [-0.25, -0.2) is 4.79 Å². The minimum absolute atomic E-state index is 0.119. The van der Waals surface area contributed by atoms with Crippen LogP contribution in [0.2, 0.25) is 0 Å². The Hall–Kier alpha value is -1.97. The first kappa shape index (κ1) is 14.0. The summed E-state index contributed by atoms with van der Waals surface area (Å²) in [7, 11) is 0. The predicted molar refractivity (Wildman–Crippen MR) is 68.6 cm³/mol. The number of hydrogen-bond acceptors (Lipinski definition) is 6. The van der Waals surface area contributed by atoms with Gasteiger partial charge in [0.15, 0.2) is 6.23 Å². The molecule has 1 aromatic rings. The van der Waals surface area contributed by atoms with Gasteiger partial charge in [-0.1, -0.05) is 0 Å². The molecule has 0 saturated carbocycles. The van der Waals surface area contributed by atoms with E-state index >= 15 is 0 Å². The zero-order valence-electron chi connectivity index (χ0n) is 11.2. The Bertz CT molecular complexity index is 682. The fraction of sp³-hybridized carbons (Fsp3) is 0.583. The molecule has 2 saturated heterocycles. The van der Waals surface area contributed by atoms with Crippen molar-refractivity contribution < 1.29 is 19.4 Å². The Kier molecular flexibility index (Phi) is 3.19. The van der Waals surface area contributed by atoms with Crippen LogP contribution in [0.4, 0.5) is 0 Å². The van der Waals surface area contributed by atoms with Crippen LogP contribution in [0.25, 0.3) is 0 Å². The number of aliphatic hydroxyl groups is 1. The summed E-state index contributed by atoms with van der Waals surface area (Å²) in [6.45, 7) is 1.11. The Morgan fingerprint density at radius 3 is 3.00 bits per heavy atom. The molecule has 2 aliphatic heterocycles. The highest BCUT2D eigenvalue weighted by Crippen LogP contribution is 2.44. The number of fused-ring (bicyclic) bond motifs is 2. The van der Waals surface area contributed by atoms with E-state index in [0.717, 1.165) is 0 Å². The maximum atomic E-state index is 11.8. The van der Waals surface area contributed by atoms with E-state index in [1.165, 1.54) is 23.8 Å². The highest BCUT2D eigenvalue weighted by Gasteiger charge is 2.62. The van der Waals surface area contributed by atoms with Gasteiger partial charge in [0.05, 0.1) is 19.3 Å². The molecule has 3 rings (SSSR count). The average molecular weight is 297 g/mol. The molecule has 0 radical (unpaired) electrons. The normalized spacial score (nSPS) is 34.1. The largest absolute Gasteiger partial charge is 0.393 e. The molecule has 2 aliphatic rings. The van der Waals surface area contributed by atoms with Crippen molar-refractivity contribution in [3.8, 4) is 0 Å². The molecule has 4 atom stereocenters. The van der Waals surface area contributed by atoms with Crippen molar-refractivity contribution in [3.63, 3.8) is 0 Å². The quantitative estimate of drug-likeness (QED) is 0.576. The van der Waals surface area contributed by atoms with E-state index in [2.05, 4.69) is 10.3 Å². The summed E-state index contributed by atoms with van der Waals surface area (Å²) < 4.78 is 12.5. The third-order valence-electron chi connectivity index (χ3n) is 3.80. The van der Waals surface area contributed by atoms with Gasteiger partial charge in [-0.15, -0.1) is 0 Å². The number of carbonyl (C=O) groups excluding carboxylic acids is 1. The zero-order valence-corrected chi connectivity index (χ0v) is 11.2. The molecule has 9 nitrogen and oxygen atoms in total. The van der Waals surface area contributed by atoms with Crippen molar-refractivity contribution in [2.45, 2.75) is 30.9 Å². The molecular weight excluding hydrogens is 282 g/mol. The second-order valence-electron chi connectivity index (χ2n) is 5.20. The van der Waals surface area contributed by atoms with Gasteiger partial charge in [0.1, 0.15) is 11.7 Å². The lowest BCUT2D eigenvalue weighted by Gasteiger charge is -2.30. The summed E-state index contributed by atoms with van der Waals surface area (Å²) >= 11 is 0. The highest BCUT2D eigenvalue weighted by molar-refractivity contribution is 5.73. The van der Waals surface area contributed by atoms with Crippen LogP contribution in [0, 0.1) is 0 Å². The van der Waals surface area contributed by atoms with Crippen LogP contribution in [0.5, 0.6) is 0 Å². The lowest BCUT2D eigenvalue weighted by molar-refractivity contribution is -0.185. The first-order valence-electron chi connectivity index (χ1n) is 6.46. The number of carbonyl (C=O) groups is 1. The molecule has 0 spiro atoms. The van der Waals surface area contributed by atoms with Crippen molar-refractivity contribution in [2.75, 3.05) is 13.2 Å². The number of ether oxygens (including phenoxy) is 2. The summed E-state index contributed by atoms with van der Waals surface area (Å²) in [5.41, 5.74) is -2.25. The van der Waals surface area contributed by atoms with Gasteiger partial charge in [-0.2, -0.15) is 0 Å². The Balaban J connectivity index is 1.98. The third-order valence-corrected chi connectivity index (χ3v) is 3.80. The predicted octanol–water partition coefficient (Wildman–Crippen LogP) is -2.30. The van der Waals surface area contributed by atoms with Gasteiger partial charge >= 0.3 is 5.69 Å². The smallest absolute Gasteiger partial charge is 0.330 e. The molecular formula is C12H15N3O6. The monoisotopic (exact) mass is 297 g/mol. The van der Waals surface area contributed by atoms with Crippen LogP contribution >= 0.6 is 0 Å². The van der Waals surface area contributed by atoms with E-state index in [1.54, 1.807) is 0 Å². The molecule has 0 unspecified atom stereocenters. The van der Waals surface area contributed by atoms with Gasteiger partial charge in [0.2, 0.25) is 5.91 Å². The molecule has 2 fully saturated rings. The number of nitrogens with one attached hydrogen (secondary N) is 2. The molecule has 9 heteroatoms. The molecule has 114 valence electrons. The van der Waals surface area contributed by atoms with Gasteiger partial charge in [0, 0.05) is 19.2 Å². The number of H-pyrrole nitrogens is 1. The fourth-order valence-electron chi connectivity index (χ4n) is 2.84. The number of nitrogens with zero attached hydrogens (tertiary/aromatic N) is 1. The van der Waals surface area contributed by atoms with E-state index < -0.39 is 35.2 Å². The molecule has 3 N–H and O–H groups in total. The average Bonchev–Trinajstić information content (AvgIpc) is 2.91. The van der Waals surface area contributed by atoms with Gasteiger partial charge in [0.25, 0.3) is 5.56 Å². The number of rotatable bonds is 3. The van der Waals surface area contributed by atoms with E-state index in [1.807, 2.05) is 0 Å². The Morgan fingerprint density at radius 2 is 2.38 bits per heavy atom. The molecule has 0 aliphatic carbocycles. The maximum Gasteiger partial charge on any atom is 0.330 e. The van der Waals surface area contributed by atoms with Crippen LogP contribution in [0.1, 0.15) is 13.2 Å². The van der Waals surface area contributed by atoms with Crippen molar-refractivity contribution >= 4 is 5.91 Å². The second kappa shape index (κ2) is 4.79. The fourth-order valence-corrected chi connectivity index (χ4v) is 2.84. The summed E-state index contributed by atoms with van der Waals surface area (Å²) in [5.74, 6) is -0.286.